The van der Waals surface area contributed by atoms with Gasteiger partial charge in [-0.2, -0.15) is 13.2 Å². The van der Waals surface area contributed by atoms with Crippen LogP contribution in [-0.2, 0) is 13.2 Å². The standard InChI is InChI=1S/C18H12F4N3O2/c1-25-9-12(11-4-2-3-5-15(11)25)16(26)24-17(27)23-10-6-7-14(19)13(8-10)18(20,21)22/h3-9H,1H3,(H2,23,24,26,27). The molecule has 0 saturated heterocycles. The van der Waals surface area contributed by atoms with E-state index in [9.17, 15) is 27.2 Å². The fourth-order valence-corrected chi connectivity index (χ4v) is 2.61. The summed E-state index contributed by atoms with van der Waals surface area (Å²) in [5.41, 5.74) is -0.876. The van der Waals surface area contributed by atoms with Crippen LogP contribution in [0.15, 0.2) is 42.6 Å². The molecule has 1 heterocycles. The average molecular weight is 378 g/mol. The lowest BCUT2D eigenvalue weighted by molar-refractivity contribution is -0.139. The van der Waals surface area contributed by atoms with Gasteiger partial charge in [0.2, 0.25) is 0 Å². The molecule has 2 aromatic carbocycles. The molecular formula is C18H12F4N3O2. The van der Waals surface area contributed by atoms with Crippen LogP contribution in [0.2, 0.25) is 0 Å². The number of carbonyl (C=O) groups is 2. The van der Waals surface area contributed by atoms with Crippen molar-refractivity contribution in [1.29, 1.82) is 0 Å². The first-order chi connectivity index (χ1) is 12.7. The van der Waals surface area contributed by atoms with Crippen LogP contribution in [0.5, 0.6) is 0 Å². The third kappa shape index (κ3) is 3.76. The number of imide groups is 1. The summed E-state index contributed by atoms with van der Waals surface area (Å²) >= 11 is 0. The van der Waals surface area contributed by atoms with E-state index in [0.29, 0.717) is 17.5 Å². The monoisotopic (exact) mass is 378 g/mol. The molecule has 2 N–H and O–H groups in total. The van der Waals surface area contributed by atoms with Crippen LogP contribution in [0.1, 0.15) is 15.9 Å². The van der Waals surface area contributed by atoms with Gasteiger partial charge < -0.3 is 9.88 Å². The molecule has 27 heavy (non-hydrogen) atoms. The molecule has 0 saturated carbocycles. The molecule has 0 aliphatic heterocycles. The highest BCUT2D eigenvalue weighted by molar-refractivity contribution is 6.13. The van der Waals surface area contributed by atoms with Crippen molar-refractivity contribution < 1.29 is 27.2 Å². The zero-order chi connectivity index (χ0) is 19.8. The fourth-order valence-electron chi connectivity index (χ4n) is 2.61. The van der Waals surface area contributed by atoms with E-state index < -0.39 is 29.5 Å². The molecule has 9 heteroatoms. The molecule has 1 radical (unpaired) electrons. The second kappa shape index (κ2) is 6.75. The van der Waals surface area contributed by atoms with Gasteiger partial charge in [-0.15, -0.1) is 0 Å². The Morgan fingerprint density at radius 1 is 1.19 bits per heavy atom. The van der Waals surface area contributed by atoms with E-state index in [1.54, 1.807) is 29.8 Å². The van der Waals surface area contributed by atoms with Gasteiger partial charge in [0.25, 0.3) is 5.91 Å². The molecule has 0 atom stereocenters. The van der Waals surface area contributed by atoms with Gasteiger partial charge in [0.15, 0.2) is 0 Å². The number of carbonyl (C=O) groups excluding carboxylic acids is 2. The Balaban J connectivity index is 1.77. The fraction of sp³-hybridized carbons (Fsp3) is 0.111. The molecule has 3 rings (SSSR count). The van der Waals surface area contributed by atoms with Crippen LogP contribution in [0.4, 0.5) is 28.0 Å². The minimum absolute atomic E-state index is 0.203. The van der Waals surface area contributed by atoms with Gasteiger partial charge in [-0.1, -0.05) is 6.07 Å². The summed E-state index contributed by atoms with van der Waals surface area (Å²) in [6.07, 6.45) is -3.39. The Labute approximate surface area is 150 Å². The predicted octanol–water partition coefficient (Wildman–Crippen LogP) is 4.10. The summed E-state index contributed by atoms with van der Waals surface area (Å²) in [6.45, 7) is 0. The summed E-state index contributed by atoms with van der Waals surface area (Å²) in [6, 6.07) is 8.77. The molecular weight excluding hydrogens is 366 g/mol. The summed E-state index contributed by atoms with van der Waals surface area (Å²) in [5.74, 6) is -2.20. The number of aromatic nitrogens is 1. The first kappa shape index (κ1) is 18.4. The molecule has 1 aromatic heterocycles. The largest absolute Gasteiger partial charge is 0.419 e. The maximum Gasteiger partial charge on any atom is 0.419 e. The molecule has 3 aromatic rings. The Hall–Kier alpha value is -3.36. The van der Waals surface area contributed by atoms with Crippen molar-refractivity contribution in [2.75, 3.05) is 5.32 Å². The van der Waals surface area contributed by atoms with E-state index in [-0.39, 0.29) is 11.3 Å². The first-order valence-corrected chi connectivity index (χ1v) is 7.61. The minimum atomic E-state index is -4.91. The van der Waals surface area contributed by atoms with Crippen LogP contribution in [-0.4, -0.2) is 16.5 Å². The van der Waals surface area contributed by atoms with Gasteiger partial charge in [0.1, 0.15) is 5.82 Å². The van der Waals surface area contributed by atoms with Gasteiger partial charge in [-0.3, -0.25) is 10.1 Å². The SMILES string of the molecule is Cn1cc(C(=O)NC(=O)Nc2ccc(F)c(C(F)(F)F)c2)c2c[c]ccc21. The molecule has 0 spiro atoms. The van der Waals surface area contributed by atoms with Crippen molar-refractivity contribution in [3.63, 3.8) is 0 Å². The van der Waals surface area contributed by atoms with Crippen molar-refractivity contribution in [2.45, 2.75) is 6.18 Å². The molecule has 139 valence electrons. The quantitative estimate of drug-likeness (QED) is 0.660. The molecule has 0 fully saturated rings. The predicted molar refractivity (Wildman–Crippen MR) is 89.6 cm³/mol. The Kier molecular flexibility index (Phi) is 4.61. The summed E-state index contributed by atoms with van der Waals surface area (Å²) in [7, 11) is 1.72. The van der Waals surface area contributed by atoms with Crippen LogP contribution in [0.25, 0.3) is 10.9 Å². The third-order valence-electron chi connectivity index (χ3n) is 3.84. The number of anilines is 1. The topological polar surface area (TPSA) is 63.1 Å². The van der Waals surface area contributed by atoms with E-state index in [1.807, 2.05) is 5.32 Å². The first-order valence-electron chi connectivity index (χ1n) is 7.61. The zero-order valence-electron chi connectivity index (χ0n) is 13.8. The number of nitrogens with one attached hydrogen (secondary N) is 2. The Morgan fingerprint density at radius 3 is 2.63 bits per heavy atom. The van der Waals surface area contributed by atoms with Gasteiger partial charge in [0.05, 0.1) is 11.1 Å². The minimum Gasteiger partial charge on any atom is -0.350 e. The van der Waals surface area contributed by atoms with E-state index in [4.69, 9.17) is 0 Å². The van der Waals surface area contributed by atoms with Gasteiger partial charge in [-0.05, 0) is 36.4 Å². The van der Waals surface area contributed by atoms with Crippen molar-refractivity contribution >= 4 is 28.5 Å². The Bertz CT molecular complexity index is 1040. The molecule has 0 aliphatic rings. The Morgan fingerprint density at radius 2 is 1.93 bits per heavy atom. The number of nitrogens with zero attached hydrogens (tertiary/aromatic N) is 1. The number of amides is 3. The third-order valence-corrected chi connectivity index (χ3v) is 3.84. The van der Waals surface area contributed by atoms with Gasteiger partial charge in [-0.25, -0.2) is 9.18 Å². The highest BCUT2D eigenvalue weighted by Gasteiger charge is 2.34. The lowest BCUT2D eigenvalue weighted by Gasteiger charge is -2.11. The summed E-state index contributed by atoms with van der Waals surface area (Å²) in [5, 5.41) is 4.68. The molecule has 0 unspecified atom stereocenters. The van der Waals surface area contributed by atoms with Crippen molar-refractivity contribution in [2.24, 2.45) is 7.05 Å². The number of hydrogen-bond acceptors (Lipinski definition) is 2. The second-order valence-corrected chi connectivity index (χ2v) is 5.70. The molecule has 5 nitrogen and oxygen atoms in total. The van der Waals surface area contributed by atoms with Crippen molar-refractivity contribution in [3.05, 3.63) is 65.6 Å². The second-order valence-electron chi connectivity index (χ2n) is 5.70. The highest BCUT2D eigenvalue weighted by Crippen LogP contribution is 2.33. The normalized spacial score (nSPS) is 11.4. The maximum atomic E-state index is 13.3. The van der Waals surface area contributed by atoms with Crippen molar-refractivity contribution in [3.8, 4) is 0 Å². The number of rotatable bonds is 2. The van der Waals surface area contributed by atoms with E-state index in [1.165, 1.54) is 6.20 Å². The van der Waals surface area contributed by atoms with Crippen LogP contribution >= 0.6 is 0 Å². The number of halogens is 4. The number of fused-ring (bicyclic) bond motifs is 1. The van der Waals surface area contributed by atoms with Crippen LogP contribution in [0, 0.1) is 11.9 Å². The van der Waals surface area contributed by atoms with Crippen LogP contribution in [0.3, 0.4) is 0 Å². The average Bonchev–Trinajstić information content (AvgIpc) is 2.93. The van der Waals surface area contributed by atoms with E-state index in [2.05, 4.69) is 11.4 Å². The van der Waals surface area contributed by atoms with Gasteiger partial charge >= 0.3 is 12.2 Å². The summed E-state index contributed by atoms with van der Waals surface area (Å²) in [4.78, 5) is 24.3. The van der Waals surface area contributed by atoms with Gasteiger partial charge in [0, 0.05) is 29.8 Å². The smallest absolute Gasteiger partial charge is 0.350 e. The lowest BCUT2D eigenvalue weighted by atomic mass is 10.1. The summed E-state index contributed by atoms with van der Waals surface area (Å²) < 4.78 is 53.1. The number of alkyl halides is 3. The zero-order valence-corrected chi connectivity index (χ0v) is 13.8. The van der Waals surface area contributed by atoms with Crippen molar-refractivity contribution in [1.82, 2.24) is 9.88 Å². The van der Waals surface area contributed by atoms with E-state index in [0.717, 1.165) is 11.6 Å². The number of hydrogen-bond donors (Lipinski definition) is 2. The molecule has 0 aliphatic carbocycles. The highest BCUT2D eigenvalue weighted by atomic mass is 19.4. The lowest BCUT2D eigenvalue weighted by Crippen LogP contribution is -2.34. The number of urea groups is 1. The van der Waals surface area contributed by atoms with Crippen LogP contribution < -0.4 is 10.6 Å². The number of benzene rings is 2. The maximum absolute atomic E-state index is 13.3. The molecule has 3 amide bonds. The number of aryl methyl sites for hydroxylation is 1. The van der Waals surface area contributed by atoms with E-state index >= 15 is 0 Å². The molecule has 0 bridgehead atoms.